The average molecular weight is 591 g/mol. The van der Waals surface area contributed by atoms with E-state index in [0.29, 0.717) is 24.9 Å². The molecule has 1 fully saturated rings. The molecule has 1 aromatic rings. The lowest BCUT2D eigenvalue weighted by Gasteiger charge is -2.30. The van der Waals surface area contributed by atoms with Crippen LogP contribution in [0.4, 0.5) is 11.4 Å². The summed E-state index contributed by atoms with van der Waals surface area (Å²) in [6, 6.07) is 1.42. The third kappa shape index (κ3) is 9.52. The predicted octanol–water partition coefficient (Wildman–Crippen LogP) is 0.929. The fourth-order valence-electron chi connectivity index (χ4n) is 4.39. The minimum atomic E-state index is -1.15. The molecule has 0 radical (unpaired) electrons. The van der Waals surface area contributed by atoms with E-state index in [9.17, 15) is 38.9 Å². The molecule has 1 heterocycles. The van der Waals surface area contributed by atoms with Gasteiger partial charge >= 0.3 is 5.97 Å². The van der Waals surface area contributed by atoms with Crippen LogP contribution in [0.25, 0.3) is 0 Å². The first kappa shape index (κ1) is 33.6. The Bertz CT molecular complexity index is 1190. The predicted molar refractivity (Wildman–Crippen MR) is 150 cm³/mol. The molecular formula is C27H38N6O9. The van der Waals surface area contributed by atoms with Gasteiger partial charge in [-0.05, 0) is 44.7 Å². The third-order valence-corrected chi connectivity index (χ3v) is 7.04. The molecule has 1 saturated heterocycles. The van der Waals surface area contributed by atoms with Crippen LogP contribution in [0, 0.1) is 16.0 Å². The molecular weight excluding hydrogens is 552 g/mol. The number of aliphatic carboxylic acids is 1. The van der Waals surface area contributed by atoms with Crippen LogP contribution < -0.4 is 21.3 Å². The molecule has 5 atom stereocenters. The van der Waals surface area contributed by atoms with Gasteiger partial charge in [0.2, 0.25) is 29.5 Å². The van der Waals surface area contributed by atoms with E-state index in [2.05, 4.69) is 21.3 Å². The van der Waals surface area contributed by atoms with Crippen LogP contribution in [0.1, 0.15) is 59.8 Å². The minimum Gasteiger partial charge on any atom is -0.481 e. The van der Waals surface area contributed by atoms with E-state index in [1.54, 1.807) is 6.92 Å². The Hall–Kier alpha value is -4.56. The molecule has 230 valence electrons. The number of carbonyl (C=O) groups excluding carboxylic acids is 5. The van der Waals surface area contributed by atoms with Crippen molar-refractivity contribution in [2.24, 2.45) is 5.92 Å². The molecule has 15 heteroatoms. The van der Waals surface area contributed by atoms with Crippen molar-refractivity contribution in [3.05, 3.63) is 34.4 Å². The van der Waals surface area contributed by atoms with E-state index >= 15 is 0 Å². The van der Waals surface area contributed by atoms with Crippen molar-refractivity contribution in [3.8, 4) is 0 Å². The molecule has 5 N–H and O–H groups in total. The Morgan fingerprint density at radius 1 is 0.976 bits per heavy atom. The lowest BCUT2D eigenvalue weighted by Crippen LogP contribution is -2.57. The summed E-state index contributed by atoms with van der Waals surface area (Å²) >= 11 is 0. The van der Waals surface area contributed by atoms with Gasteiger partial charge in [-0.15, -0.1) is 0 Å². The first-order valence-corrected chi connectivity index (χ1v) is 13.7. The third-order valence-electron chi connectivity index (χ3n) is 7.04. The highest BCUT2D eigenvalue weighted by Crippen LogP contribution is 2.21. The lowest BCUT2D eigenvalue weighted by atomic mass is 9.97. The highest BCUT2D eigenvalue weighted by molar-refractivity contribution is 5.99. The van der Waals surface area contributed by atoms with Crippen molar-refractivity contribution in [2.75, 3.05) is 11.9 Å². The topological polar surface area (TPSA) is 217 Å². The van der Waals surface area contributed by atoms with Gasteiger partial charge in [-0.1, -0.05) is 20.3 Å². The Morgan fingerprint density at radius 2 is 1.62 bits per heavy atom. The Balaban J connectivity index is 2.02. The van der Waals surface area contributed by atoms with Crippen LogP contribution in [0.3, 0.4) is 0 Å². The molecule has 1 aliphatic rings. The van der Waals surface area contributed by atoms with Gasteiger partial charge in [-0.2, -0.15) is 0 Å². The molecule has 0 saturated carbocycles. The summed E-state index contributed by atoms with van der Waals surface area (Å²) in [6.45, 7) is 6.76. The Labute approximate surface area is 242 Å². The van der Waals surface area contributed by atoms with E-state index in [1.807, 2.05) is 6.92 Å². The number of benzene rings is 1. The number of nitrogens with zero attached hydrogens (tertiary/aromatic N) is 2. The van der Waals surface area contributed by atoms with Gasteiger partial charge in [0.15, 0.2) is 0 Å². The summed E-state index contributed by atoms with van der Waals surface area (Å²) in [4.78, 5) is 86.2. The van der Waals surface area contributed by atoms with E-state index in [4.69, 9.17) is 5.11 Å². The molecule has 5 amide bonds. The maximum absolute atomic E-state index is 13.3. The monoisotopic (exact) mass is 590 g/mol. The zero-order valence-corrected chi connectivity index (χ0v) is 24.0. The first-order valence-electron chi connectivity index (χ1n) is 13.7. The summed E-state index contributed by atoms with van der Waals surface area (Å²) in [5, 5.41) is 29.9. The second-order valence-corrected chi connectivity index (χ2v) is 10.3. The molecule has 0 bridgehead atoms. The number of hydrogen-bond donors (Lipinski definition) is 5. The number of nitro benzene ring substituents is 1. The molecule has 15 nitrogen and oxygen atoms in total. The molecule has 1 aliphatic heterocycles. The molecule has 0 aromatic heterocycles. The molecule has 42 heavy (non-hydrogen) atoms. The van der Waals surface area contributed by atoms with Crippen LogP contribution >= 0.6 is 0 Å². The summed E-state index contributed by atoms with van der Waals surface area (Å²) in [5.41, 5.74) is 0.189. The van der Waals surface area contributed by atoms with Crippen LogP contribution in [0.15, 0.2) is 24.3 Å². The largest absolute Gasteiger partial charge is 0.481 e. The molecule has 0 aliphatic carbocycles. The van der Waals surface area contributed by atoms with Crippen molar-refractivity contribution in [3.63, 3.8) is 0 Å². The normalized spacial score (nSPS) is 17.2. The maximum atomic E-state index is 13.3. The number of carbonyl (C=O) groups is 6. The second kappa shape index (κ2) is 15.4. The number of anilines is 1. The number of amides is 5. The van der Waals surface area contributed by atoms with Crippen molar-refractivity contribution in [1.29, 1.82) is 0 Å². The van der Waals surface area contributed by atoms with E-state index in [0.717, 1.165) is 0 Å². The zero-order chi connectivity index (χ0) is 31.6. The van der Waals surface area contributed by atoms with Crippen LogP contribution in [-0.4, -0.2) is 81.1 Å². The minimum absolute atomic E-state index is 0.133. The fraction of sp³-hybridized carbons (Fsp3) is 0.556. The van der Waals surface area contributed by atoms with E-state index < -0.39 is 64.6 Å². The highest BCUT2D eigenvalue weighted by Gasteiger charge is 2.38. The molecule has 5 unspecified atom stereocenters. The van der Waals surface area contributed by atoms with Gasteiger partial charge in [0.25, 0.3) is 5.69 Å². The summed E-state index contributed by atoms with van der Waals surface area (Å²) in [6.07, 6.45) is 0.759. The second-order valence-electron chi connectivity index (χ2n) is 10.3. The summed E-state index contributed by atoms with van der Waals surface area (Å²) in [5.74, 6) is -4.25. The van der Waals surface area contributed by atoms with Gasteiger partial charge in [0, 0.05) is 30.8 Å². The fourth-order valence-corrected chi connectivity index (χ4v) is 4.39. The number of likely N-dealkylation sites (tertiary alicyclic amines) is 1. The highest BCUT2D eigenvalue weighted by atomic mass is 16.6. The summed E-state index contributed by atoms with van der Waals surface area (Å²) < 4.78 is 0. The number of nitro groups is 1. The molecule has 2 rings (SSSR count). The van der Waals surface area contributed by atoms with Crippen molar-refractivity contribution >= 4 is 46.9 Å². The average Bonchev–Trinajstić information content (AvgIpc) is 3.44. The zero-order valence-electron chi connectivity index (χ0n) is 24.0. The van der Waals surface area contributed by atoms with Crippen molar-refractivity contribution in [1.82, 2.24) is 20.9 Å². The van der Waals surface area contributed by atoms with Crippen LogP contribution in [-0.2, 0) is 28.8 Å². The van der Waals surface area contributed by atoms with Gasteiger partial charge in [0.05, 0.1) is 11.3 Å². The number of carboxylic acids is 1. The number of non-ortho nitro benzene ring substituents is 1. The van der Waals surface area contributed by atoms with Gasteiger partial charge in [-0.25, -0.2) is 0 Å². The first-order chi connectivity index (χ1) is 19.7. The lowest BCUT2D eigenvalue weighted by molar-refractivity contribution is -0.384. The van der Waals surface area contributed by atoms with Crippen molar-refractivity contribution < 1.29 is 38.8 Å². The SMILES string of the molecule is CCC(C)C(NC(=O)C1CCCN1C(=O)C(C)NC(=O)C(C)NC(=O)CCC(=O)O)C(=O)Nc1ccc([N+](=O)[O-])cc1. The number of nitrogens with one attached hydrogen (secondary N) is 4. The Kier molecular flexibility index (Phi) is 12.4. The molecule has 1 aromatic carbocycles. The number of rotatable bonds is 14. The van der Waals surface area contributed by atoms with Gasteiger partial charge in [-0.3, -0.25) is 38.9 Å². The maximum Gasteiger partial charge on any atom is 0.303 e. The quantitative estimate of drug-likeness (QED) is 0.154. The van der Waals surface area contributed by atoms with Crippen LogP contribution in [0.5, 0.6) is 0 Å². The Morgan fingerprint density at radius 3 is 2.19 bits per heavy atom. The van der Waals surface area contributed by atoms with Gasteiger partial charge < -0.3 is 31.3 Å². The van der Waals surface area contributed by atoms with Gasteiger partial charge in [0.1, 0.15) is 24.2 Å². The number of hydrogen-bond acceptors (Lipinski definition) is 8. The van der Waals surface area contributed by atoms with E-state index in [1.165, 1.54) is 43.0 Å². The smallest absolute Gasteiger partial charge is 0.303 e. The van der Waals surface area contributed by atoms with Crippen molar-refractivity contribution in [2.45, 2.75) is 84.0 Å². The number of carboxylic acid groups (broad SMARTS) is 1. The summed E-state index contributed by atoms with van der Waals surface area (Å²) in [7, 11) is 0. The standard InChI is InChI=1S/C27H38N6O9/c1-5-15(2)23(26(39)30-18-8-10-19(11-9-18)33(41)42)31-25(38)20-7-6-14-32(20)27(40)17(4)29-24(37)16(3)28-21(34)12-13-22(35)36/h8-11,15-17,20,23H,5-7,12-14H2,1-4H3,(H,28,34)(H,29,37)(H,30,39)(H,31,38)(H,35,36). The van der Waals surface area contributed by atoms with Crippen LogP contribution in [0.2, 0.25) is 0 Å². The van der Waals surface area contributed by atoms with E-state index in [-0.39, 0.29) is 31.0 Å². The molecule has 0 spiro atoms.